The van der Waals surface area contributed by atoms with Gasteiger partial charge in [-0.3, -0.25) is 19.2 Å². The van der Waals surface area contributed by atoms with Crippen LogP contribution in [-0.2, 0) is 22.4 Å². The van der Waals surface area contributed by atoms with E-state index in [1.807, 2.05) is 97.9 Å². The maximum Gasteiger partial charge on any atom is 0.252 e. The molecule has 0 saturated heterocycles. The van der Waals surface area contributed by atoms with Crippen molar-refractivity contribution in [3.05, 3.63) is 125 Å². The van der Waals surface area contributed by atoms with E-state index in [2.05, 4.69) is 35.9 Å². The third-order valence-corrected chi connectivity index (χ3v) is 9.01. The molecule has 4 aromatic carbocycles. The van der Waals surface area contributed by atoms with Crippen LogP contribution in [0.5, 0.6) is 0 Å². The molecule has 0 spiro atoms. The molecule has 0 fully saturated rings. The maximum absolute atomic E-state index is 12.1. The average molecular weight is 726 g/mol. The Morgan fingerprint density at radius 1 is 0.510 bits per heavy atom. The summed E-state index contributed by atoms with van der Waals surface area (Å²) in [5.41, 5.74) is 4.45. The number of benzene rings is 4. The van der Waals surface area contributed by atoms with Gasteiger partial charge in [-0.1, -0.05) is 79.6 Å². The number of rotatable bonds is 19. The van der Waals surface area contributed by atoms with E-state index in [0.29, 0.717) is 59.7 Å². The van der Waals surface area contributed by atoms with Crippen LogP contribution in [-0.4, -0.2) is 50.6 Å². The van der Waals surface area contributed by atoms with E-state index in [1.54, 1.807) is 24.3 Å². The minimum absolute atomic E-state index is 0.0965. The number of anilines is 1. The number of hydrogen-bond donors (Lipinski definition) is 4. The number of nitrogens with one attached hydrogen (secondary N) is 2. The van der Waals surface area contributed by atoms with Gasteiger partial charge in [0.2, 0.25) is 0 Å². The molecule has 0 unspecified atom stereocenters. The summed E-state index contributed by atoms with van der Waals surface area (Å²) in [5.74, 6) is 0.341. The molecule has 0 aliphatic heterocycles. The van der Waals surface area contributed by atoms with Gasteiger partial charge in [0.05, 0.1) is 11.1 Å². The molecule has 2 amide bonds. The second-order valence-electron chi connectivity index (χ2n) is 12.6. The van der Waals surface area contributed by atoms with Crippen molar-refractivity contribution in [1.82, 2.24) is 10.6 Å². The summed E-state index contributed by atoms with van der Waals surface area (Å²) in [6.45, 7) is 1.23. The van der Waals surface area contributed by atoms with E-state index in [-0.39, 0.29) is 23.4 Å². The van der Waals surface area contributed by atoms with Gasteiger partial charge in [-0.2, -0.15) is 0 Å². The maximum atomic E-state index is 12.1. The van der Waals surface area contributed by atoms with E-state index < -0.39 is 0 Å². The highest BCUT2D eigenvalue weighted by Gasteiger charge is 2.10. The van der Waals surface area contributed by atoms with Crippen LogP contribution >= 0.6 is 25.3 Å². The van der Waals surface area contributed by atoms with E-state index in [4.69, 9.17) is 0 Å². The number of carbonyl (C=O) groups excluding carboxylic acids is 4. The molecule has 51 heavy (non-hydrogen) atoms. The predicted octanol–water partition coefficient (Wildman–Crippen LogP) is 8.22. The lowest BCUT2D eigenvalue weighted by Crippen LogP contribution is -2.24. The number of ketones is 2. The van der Waals surface area contributed by atoms with Crippen molar-refractivity contribution in [3.63, 3.8) is 0 Å². The molecule has 4 rings (SSSR count). The first kappa shape index (κ1) is 41.1. The van der Waals surface area contributed by atoms with Gasteiger partial charge in [0.1, 0.15) is 11.6 Å². The molecule has 0 aromatic heterocycles. The van der Waals surface area contributed by atoms with Crippen LogP contribution < -0.4 is 15.5 Å². The molecule has 2 N–H and O–H groups in total. The molecule has 4 aromatic rings. The summed E-state index contributed by atoms with van der Waals surface area (Å²) in [5, 5.41) is 5.80. The van der Waals surface area contributed by atoms with Gasteiger partial charge in [-0.25, -0.2) is 0 Å². The minimum Gasteiger partial charge on any atom is -0.378 e. The van der Waals surface area contributed by atoms with E-state index in [9.17, 15) is 19.2 Å². The molecule has 0 bridgehead atoms. The largest absolute Gasteiger partial charge is 0.378 e. The van der Waals surface area contributed by atoms with Gasteiger partial charge < -0.3 is 15.5 Å². The van der Waals surface area contributed by atoms with Crippen molar-refractivity contribution >= 4 is 54.3 Å². The van der Waals surface area contributed by atoms with Gasteiger partial charge in [0.25, 0.3) is 11.8 Å². The lowest BCUT2D eigenvalue weighted by atomic mass is 10.0. The minimum atomic E-state index is -0.0992. The fourth-order valence-corrected chi connectivity index (χ4v) is 5.84. The van der Waals surface area contributed by atoms with E-state index in [0.717, 1.165) is 55.3 Å². The molecular formula is C42H51N3O4S2. The standard InChI is InChI=1S/C22H28N2O2S.C20H23NO2S/c1-24(2)18-13-11-17(12-14-18)16-19(25)8-4-3-7-15-23-22(26)20-9-5-6-10-21(20)27;22-17(15-16-9-3-1-4-10-16)11-5-2-8-14-21-20(23)18-12-6-7-13-19(18)24/h5-6,9-14,27H,3-4,7-8,15-16H2,1-2H3,(H,23,26);1,3-4,6-7,9-10,12-13,24H,2,5,8,11,14-15H2,(H,21,23). The Balaban J connectivity index is 0.000000277. The third kappa shape index (κ3) is 16.0. The molecule has 0 aliphatic rings. The normalized spacial score (nSPS) is 10.4. The van der Waals surface area contributed by atoms with Gasteiger partial charge in [-0.05, 0) is 73.2 Å². The SMILES string of the molecule is CN(C)c1ccc(CC(=O)CCCCCNC(=O)c2ccccc2S)cc1.O=C(CCCCCNC(=O)c1ccccc1S)Cc1ccccc1. The van der Waals surface area contributed by atoms with Crippen molar-refractivity contribution < 1.29 is 19.2 Å². The predicted molar refractivity (Wildman–Crippen MR) is 214 cm³/mol. The number of nitrogens with zero attached hydrogens (tertiary/aromatic N) is 1. The van der Waals surface area contributed by atoms with Gasteiger partial charge in [0.15, 0.2) is 0 Å². The quantitative estimate of drug-likeness (QED) is 0.0578. The first-order chi connectivity index (χ1) is 24.6. The summed E-state index contributed by atoms with van der Waals surface area (Å²) in [6.07, 6.45) is 7.50. The second kappa shape index (κ2) is 23.2. The van der Waals surface area contributed by atoms with E-state index in [1.165, 1.54) is 0 Å². The Labute approximate surface area is 314 Å². The summed E-state index contributed by atoms with van der Waals surface area (Å²) >= 11 is 8.57. The molecule has 0 saturated carbocycles. The Kier molecular flexibility index (Phi) is 18.7. The lowest BCUT2D eigenvalue weighted by molar-refractivity contribution is -0.119. The third-order valence-electron chi connectivity index (χ3n) is 8.23. The number of Topliss-reactive ketones (excluding diaryl/α,β-unsaturated/α-hetero) is 2. The van der Waals surface area contributed by atoms with Crippen LogP contribution in [0.25, 0.3) is 0 Å². The molecule has 0 aliphatic carbocycles. The van der Waals surface area contributed by atoms with Gasteiger partial charge in [0, 0.05) is 68.3 Å². The smallest absolute Gasteiger partial charge is 0.252 e. The molecule has 9 heteroatoms. The lowest BCUT2D eigenvalue weighted by Gasteiger charge is -2.12. The fraction of sp³-hybridized carbons (Fsp3) is 0.333. The van der Waals surface area contributed by atoms with Gasteiger partial charge in [-0.15, -0.1) is 25.3 Å². The average Bonchev–Trinajstić information content (AvgIpc) is 3.12. The Morgan fingerprint density at radius 2 is 0.922 bits per heavy atom. The summed E-state index contributed by atoms with van der Waals surface area (Å²) in [6, 6.07) is 32.4. The topological polar surface area (TPSA) is 95.6 Å². The van der Waals surface area contributed by atoms with Crippen LogP contribution in [0, 0.1) is 0 Å². The zero-order valence-electron chi connectivity index (χ0n) is 29.8. The molecular weight excluding hydrogens is 675 g/mol. The zero-order valence-corrected chi connectivity index (χ0v) is 31.6. The zero-order chi connectivity index (χ0) is 36.8. The second-order valence-corrected chi connectivity index (χ2v) is 13.6. The Morgan fingerprint density at radius 3 is 1.35 bits per heavy atom. The van der Waals surface area contributed by atoms with Gasteiger partial charge >= 0.3 is 0 Å². The summed E-state index contributed by atoms with van der Waals surface area (Å²) < 4.78 is 0. The fourth-order valence-electron chi connectivity index (χ4n) is 5.31. The first-order valence-corrected chi connectivity index (χ1v) is 18.5. The number of carbonyl (C=O) groups is 4. The van der Waals surface area contributed by atoms with Crippen molar-refractivity contribution in [1.29, 1.82) is 0 Å². The van der Waals surface area contributed by atoms with Crippen LogP contribution in [0.3, 0.4) is 0 Å². The summed E-state index contributed by atoms with van der Waals surface area (Å²) in [7, 11) is 4.00. The van der Waals surface area contributed by atoms with Crippen molar-refractivity contribution in [3.8, 4) is 0 Å². The summed E-state index contributed by atoms with van der Waals surface area (Å²) in [4.78, 5) is 51.5. The van der Waals surface area contributed by atoms with Crippen LogP contribution in [0.4, 0.5) is 5.69 Å². The molecule has 7 nitrogen and oxygen atoms in total. The molecule has 270 valence electrons. The van der Waals surface area contributed by atoms with Crippen LogP contribution in [0.2, 0.25) is 0 Å². The van der Waals surface area contributed by atoms with Crippen LogP contribution in [0.15, 0.2) is 113 Å². The number of hydrogen-bond acceptors (Lipinski definition) is 7. The molecule has 0 radical (unpaired) electrons. The number of unbranched alkanes of at least 4 members (excludes halogenated alkanes) is 4. The van der Waals surface area contributed by atoms with E-state index >= 15 is 0 Å². The van der Waals surface area contributed by atoms with Crippen molar-refractivity contribution in [2.45, 2.75) is 74.0 Å². The monoisotopic (exact) mass is 725 g/mol. The molecule has 0 heterocycles. The highest BCUT2D eigenvalue weighted by Crippen LogP contribution is 2.15. The number of thiol groups is 2. The van der Waals surface area contributed by atoms with Crippen molar-refractivity contribution in [2.24, 2.45) is 0 Å². The van der Waals surface area contributed by atoms with Crippen molar-refractivity contribution in [2.75, 3.05) is 32.1 Å². The highest BCUT2D eigenvalue weighted by atomic mass is 32.1. The molecule has 0 atom stereocenters. The Hall–Kier alpha value is -4.34. The number of amides is 2. The highest BCUT2D eigenvalue weighted by molar-refractivity contribution is 7.80. The Bertz CT molecular complexity index is 1680. The first-order valence-electron chi connectivity index (χ1n) is 17.6. The van der Waals surface area contributed by atoms with Crippen LogP contribution in [0.1, 0.15) is 83.2 Å².